The SMILES string of the molecule is C#CC(=O)c1cc2cc(N(CC)CCC)ccc2o1. The van der Waals surface area contributed by atoms with E-state index in [2.05, 4.69) is 24.7 Å². The maximum absolute atomic E-state index is 11.4. The Morgan fingerprint density at radius 3 is 2.79 bits per heavy atom. The Kier molecular flexibility index (Phi) is 3.91. The number of hydrogen-bond acceptors (Lipinski definition) is 3. The zero-order valence-corrected chi connectivity index (χ0v) is 11.3. The second kappa shape index (κ2) is 5.62. The summed E-state index contributed by atoms with van der Waals surface area (Å²) in [6, 6.07) is 7.64. The molecule has 3 nitrogen and oxygen atoms in total. The fourth-order valence-electron chi connectivity index (χ4n) is 2.15. The topological polar surface area (TPSA) is 33.5 Å². The Morgan fingerprint density at radius 2 is 2.16 bits per heavy atom. The molecule has 0 bridgehead atoms. The highest BCUT2D eigenvalue weighted by Crippen LogP contribution is 2.25. The summed E-state index contributed by atoms with van der Waals surface area (Å²) >= 11 is 0. The molecule has 0 aliphatic rings. The normalized spacial score (nSPS) is 10.4. The van der Waals surface area contributed by atoms with Crippen molar-refractivity contribution in [3.05, 3.63) is 30.0 Å². The van der Waals surface area contributed by atoms with Crippen molar-refractivity contribution in [2.45, 2.75) is 20.3 Å². The lowest BCUT2D eigenvalue weighted by Gasteiger charge is -2.22. The van der Waals surface area contributed by atoms with Crippen LogP contribution < -0.4 is 4.90 Å². The molecule has 1 aromatic heterocycles. The zero-order chi connectivity index (χ0) is 13.8. The first-order valence-electron chi connectivity index (χ1n) is 6.49. The summed E-state index contributed by atoms with van der Waals surface area (Å²) < 4.78 is 5.44. The highest BCUT2D eigenvalue weighted by atomic mass is 16.3. The van der Waals surface area contributed by atoms with Gasteiger partial charge in [0.1, 0.15) is 5.58 Å². The van der Waals surface area contributed by atoms with Crippen molar-refractivity contribution >= 4 is 22.4 Å². The van der Waals surface area contributed by atoms with E-state index in [-0.39, 0.29) is 5.76 Å². The number of hydrogen-bond donors (Lipinski definition) is 0. The molecule has 0 radical (unpaired) electrons. The number of ketones is 1. The highest BCUT2D eigenvalue weighted by Gasteiger charge is 2.11. The fraction of sp³-hybridized carbons (Fsp3) is 0.312. The van der Waals surface area contributed by atoms with Gasteiger partial charge in [0.05, 0.1) is 0 Å². The van der Waals surface area contributed by atoms with Gasteiger partial charge in [0.25, 0.3) is 5.78 Å². The quantitative estimate of drug-likeness (QED) is 0.466. The fourth-order valence-corrected chi connectivity index (χ4v) is 2.15. The molecule has 0 N–H and O–H groups in total. The lowest BCUT2D eigenvalue weighted by molar-refractivity contribution is 0.103. The molecule has 0 aliphatic carbocycles. The summed E-state index contributed by atoms with van der Waals surface area (Å²) in [5.41, 5.74) is 1.83. The first-order chi connectivity index (χ1) is 9.19. The average Bonchev–Trinajstić information content (AvgIpc) is 2.86. The Morgan fingerprint density at radius 1 is 1.37 bits per heavy atom. The van der Waals surface area contributed by atoms with Crippen molar-refractivity contribution < 1.29 is 9.21 Å². The molecule has 0 unspecified atom stereocenters. The van der Waals surface area contributed by atoms with Gasteiger partial charge in [-0.25, -0.2) is 0 Å². The van der Waals surface area contributed by atoms with Crippen LogP contribution in [0.1, 0.15) is 30.8 Å². The number of carbonyl (C=O) groups excluding carboxylic acids is 1. The zero-order valence-electron chi connectivity index (χ0n) is 11.3. The van der Waals surface area contributed by atoms with Gasteiger partial charge in [0.15, 0.2) is 5.76 Å². The number of benzene rings is 1. The van der Waals surface area contributed by atoms with E-state index in [4.69, 9.17) is 10.8 Å². The predicted molar refractivity (Wildman–Crippen MR) is 77.6 cm³/mol. The first kappa shape index (κ1) is 13.2. The van der Waals surface area contributed by atoms with Crippen molar-refractivity contribution in [2.24, 2.45) is 0 Å². The van der Waals surface area contributed by atoms with Crippen molar-refractivity contribution in [2.75, 3.05) is 18.0 Å². The molecule has 98 valence electrons. The molecule has 1 heterocycles. The van der Waals surface area contributed by atoms with Gasteiger partial charge in [-0.3, -0.25) is 4.79 Å². The second-order valence-electron chi connectivity index (χ2n) is 4.39. The van der Waals surface area contributed by atoms with E-state index in [9.17, 15) is 4.79 Å². The van der Waals surface area contributed by atoms with Gasteiger partial charge in [0.2, 0.25) is 0 Å². The van der Waals surface area contributed by atoms with Crippen molar-refractivity contribution in [1.82, 2.24) is 0 Å². The van der Waals surface area contributed by atoms with Crippen LogP contribution in [0.4, 0.5) is 5.69 Å². The minimum Gasteiger partial charge on any atom is -0.452 e. The molecule has 0 saturated heterocycles. The molecular formula is C16H17NO2. The van der Waals surface area contributed by atoms with Crippen molar-refractivity contribution in [3.8, 4) is 12.3 Å². The number of terminal acetylenes is 1. The van der Waals surface area contributed by atoms with Crippen LogP contribution in [0.15, 0.2) is 28.7 Å². The van der Waals surface area contributed by atoms with Gasteiger partial charge < -0.3 is 9.32 Å². The largest absolute Gasteiger partial charge is 0.452 e. The lowest BCUT2D eigenvalue weighted by atomic mass is 10.2. The van der Waals surface area contributed by atoms with Gasteiger partial charge in [-0.15, -0.1) is 6.42 Å². The molecule has 2 rings (SSSR count). The number of anilines is 1. The summed E-state index contributed by atoms with van der Waals surface area (Å²) in [5, 5.41) is 0.908. The van der Waals surface area contributed by atoms with Crippen LogP contribution in [0.3, 0.4) is 0 Å². The maximum Gasteiger partial charge on any atom is 0.270 e. The minimum atomic E-state index is -0.418. The van der Waals surface area contributed by atoms with Crippen molar-refractivity contribution in [1.29, 1.82) is 0 Å². The number of rotatable bonds is 5. The van der Waals surface area contributed by atoms with Gasteiger partial charge in [-0.1, -0.05) is 6.92 Å². The summed E-state index contributed by atoms with van der Waals surface area (Å²) in [6.07, 6.45) is 6.19. The third-order valence-electron chi connectivity index (χ3n) is 3.10. The van der Waals surface area contributed by atoms with Gasteiger partial charge in [-0.05, 0) is 43.5 Å². The number of fused-ring (bicyclic) bond motifs is 1. The molecule has 1 aromatic carbocycles. The van der Waals surface area contributed by atoms with E-state index in [0.717, 1.165) is 30.6 Å². The molecule has 3 heteroatoms. The third kappa shape index (κ3) is 2.63. The Labute approximate surface area is 113 Å². The maximum atomic E-state index is 11.4. The first-order valence-corrected chi connectivity index (χ1v) is 6.49. The second-order valence-corrected chi connectivity index (χ2v) is 4.39. The monoisotopic (exact) mass is 255 g/mol. The Hall–Kier alpha value is -2.21. The molecule has 19 heavy (non-hydrogen) atoms. The smallest absolute Gasteiger partial charge is 0.270 e. The average molecular weight is 255 g/mol. The van der Waals surface area contributed by atoms with E-state index in [1.807, 2.05) is 18.2 Å². The van der Waals surface area contributed by atoms with Crippen LogP contribution in [0.5, 0.6) is 0 Å². The van der Waals surface area contributed by atoms with Crippen LogP contribution in [0.25, 0.3) is 11.0 Å². The molecule has 0 aliphatic heterocycles. The van der Waals surface area contributed by atoms with E-state index in [1.54, 1.807) is 6.07 Å². The van der Waals surface area contributed by atoms with E-state index in [1.165, 1.54) is 0 Å². The molecule has 0 saturated carbocycles. The standard InChI is InChI=1S/C16H17NO2/c1-4-9-17(6-3)13-7-8-15-12(10-13)11-16(19-15)14(18)5-2/h2,7-8,10-11H,4,6,9H2,1,3H3. The number of carbonyl (C=O) groups is 1. The summed E-state index contributed by atoms with van der Waals surface area (Å²) in [7, 11) is 0. The van der Waals surface area contributed by atoms with Crippen LogP contribution in [0.2, 0.25) is 0 Å². The number of furan rings is 1. The predicted octanol–water partition coefficient (Wildman–Crippen LogP) is 3.49. The summed E-state index contributed by atoms with van der Waals surface area (Å²) in [4.78, 5) is 13.7. The van der Waals surface area contributed by atoms with Crippen LogP contribution in [-0.2, 0) is 0 Å². The number of nitrogens with zero attached hydrogens (tertiary/aromatic N) is 1. The molecule has 2 aromatic rings. The van der Waals surface area contributed by atoms with Gasteiger partial charge in [0, 0.05) is 24.2 Å². The van der Waals surface area contributed by atoms with E-state index < -0.39 is 5.78 Å². The Balaban J connectivity index is 2.40. The molecule has 0 amide bonds. The van der Waals surface area contributed by atoms with E-state index >= 15 is 0 Å². The minimum absolute atomic E-state index is 0.230. The van der Waals surface area contributed by atoms with E-state index in [0.29, 0.717) is 5.58 Å². The summed E-state index contributed by atoms with van der Waals surface area (Å²) in [5.74, 6) is 1.88. The van der Waals surface area contributed by atoms with Gasteiger partial charge >= 0.3 is 0 Å². The molecule has 0 atom stereocenters. The van der Waals surface area contributed by atoms with Crippen molar-refractivity contribution in [3.63, 3.8) is 0 Å². The van der Waals surface area contributed by atoms with Crippen LogP contribution in [0, 0.1) is 12.3 Å². The van der Waals surface area contributed by atoms with Crippen LogP contribution >= 0.6 is 0 Å². The molecule has 0 spiro atoms. The van der Waals surface area contributed by atoms with Crippen LogP contribution in [-0.4, -0.2) is 18.9 Å². The van der Waals surface area contributed by atoms with Gasteiger partial charge in [-0.2, -0.15) is 0 Å². The molecular weight excluding hydrogens is 238 g/mol. The summed E-state index contributed by atoms with van der Waals surface area (Å²) in [6.45, 7) is 6.24. The number of Topliss-reactive ketones (excluding diaryl/α,β-unsaturated/α-hetero) is 1. The highest BCUT2D eigenvalue weighted by molar-refractivity contribution is 6.08. The molecule has 0 fully saturated rings. The lowest BCUT2D eigenvalue weighted by Crippen LogP contribution is -2.23. The Bertz CT molecular complexity index is 634. The third-order valence-corrected chi connectivity index (χ3v) is 3.10.